The van der Waals surface area contributed by atoms with Crippen LogP contribution in [0.1, 0.15) is 37.6 Å². The molecule has 10 heteroatoms. The third kappa shape index (κ3) is 5.66. The highest BCUT2D eigenvalue weighted by atomic mass is 35.5. The van der Waals surface area contributed by atoms with E-state index < -0.39 is 27.8 Å². The van der Waals surface area contributed by atoms with E-state index in [4.69, 9.17) is 16.3 Å². The van der Waals surface area contributed by atoms with E-state index >= 15 is 0 Å². The normalized spacial score (nSPS) is 12.7. The van der Waals surface area contributed by atoms with Crippen LogP contribution >= 0.6 is 34.1 Å². The Hall–Kier alpha value is -2.72. The second-order valence-electron chi connectivity index (χ2n) is 8.92. The summed E-state index contributed by atoms with van der Waals surface area (Å²) in [6.45, 7) is 5.64. The number of hydrogen-bond acceptors (Lipinski definition) is 4. The molecule has 0 radical (unpaired) electrons. The SMILES string of the molecule is C/C=S(/O)c1cc(F)c(CSc2ncc(C(C)(C)c3ccc(Cl)c(OC)c3)n2-c2ccc(F)cc2)c(F)c1. The molecule has 200 valence electrons. The van der Waals surface area contributed by atoms with Gasteiger partial charge in [-0.3, -0.25) is 4.57 Å². The lowest BCUT2D eigenvalue weighted by atomic mass is 9.81. The molecule has 1 N–H and O–H groups in total. The van der Waals surface area contributed by atoms with Crippen LogP contribution < -0.4 is 4.74 Å². The number of benzene rings is 3. The molecule has 0 amide bonds. The van der Waals surface area contributed by atoms with E-state index in [0.29, 0.717) is 21.6 Å². The van der Waals surface area contributed by atoms with Gasteiger partial charge in [-0.1, -0.05) is 43.3 Å². The molecule has 1 heterocycles. The van der Waals surface area contributed by atoms with Crippen molar-refractivity contribution in [3.8, 4) is 11.4 Å². The fourth-order valence-electron chi connectivity index (χ4n) is 4.02. The number of aromatic nitrogens is 2. The van der Waals surface area contributed by atoms with Crippen molar-refractivity contribution in [2.45, 2.75) is 42.0 Å². The van der Waals surface area contributed by atoms with Gasteiger partial charge in [0.15, 0.2) is 5.16 Å². The van der Waals surface area contributed by atoms with Gasteiger partial charge in [-0.05, 0) is 77.2 Å². The summed E-state index contributed by atoms with van der Waals surface area (Å²) in [7, 11) is 0.199. The maximum absolute atomic E-state index is 14.8. The molecular weight excluding hydrogens is 553 g/mol. The van der Waals surface area contributed by atoms with Crippen LogP contribution in [0, 0.1) is 17.5 Å². The Labute approximate surface area is 231 Å². The van der Waals surface area contributed by atoms with Gasteiger partial charge in [0.05, 0.1) is 24.0 Å². The van der Waals surface area contributed by atoms with Gasteiger partial charge in [0, 0.05) is 27.3 Å². The van der Waals surface area contributed by atoms with E-state index in [0.717, 1.165) is 35.2 Å². The summed E-state index contributed by atoms with van der Waals surface area (Å²) in [5.74, 6) is -1.38. The molecule has 0 saturated carbocycles. The summed E-state index contributed by atoms with van der Waals surface area (Å²) >= 11 is 7.39. The van der Waals surface area contributed by atoms with Gasteiger partial charge < -0.3 is 9.29 Å². The molecular formula is C28H26ClF3N2O2S2. The van der Waals surface area contributed by atoms with Crippen molar-refractivity contribution in [2.24, 2.45) is 0 Å². The molecule has 1 aromatic heterocycles. The molecule has 4 nitrogen and oxygen atoms in total. The third-order valence-electron chi connectivity index (χ3n) is 6.25. The summed E-state index contributed by atoms with van der Waals surface area (Å²) in [6, 6.07) is 13.8. The zero-order chi connectivity index (χ0) is 27.6. The smallest absolute Gasteiger partial charge is 0.173 e. The van der Waals surface area contributed by atoms with Gasteiger partial charge in [-0.25, -0.2) is 18.2 Å². The van der Waals surface area contributed by atoms with Gasteiger partial charge in [0.25, 0.3) is 0 Å². The van der Waals surface area contributed by atoms with Crippen molar-refractivity contribution in [1.82, 2.24) is 9.55 Å². The van der Waals surface area contributed by atoms with Crippen molar-refractivity contribution in [3.63, 3.8) is 0 Å². The van der Waals surface area contributed by atoms with Crippen LogP contribution in [-0.4, -0.2) is 26.6 Å². The minimum atomic E-state index is -1.34. The molecule has 0 aliphatic rings. The zero-order valence-electron chi connectivity index (χ0n) is 21.1. The number of rotatable bonds is 8. The van der Waals surface area contributed by atoms with E-state index in [9.17, 15) is 17.7 Å². The Morgan fingerprint density at radius 2 is 1.74 bits per heavy atom. The van der Waals surface area contributed by atoms with Crippen LogP contribution in [0.25, 0.3) is 5.69 Å². The standard InChI is InChI=1S/C28H26ClF3N2O2S2/c1-5-38(35)20-13-23(31)21(24(32)14-20)16-37-27-33-15-26(34(27)19-9-7-18(30)8-10-19)28(2,3)17-6-11-22(29)25(12-17)36-4/h5-15,35H,16H2,1-4H3. The molecule has 1 unspecified atom stereocenters. The Morgan fingerprint density at radius 3 is 2.34 bits per heavy atom. The van der Waals surface area contributed by atoms with Crippen molar-refractivity contribution in [1.29, 1.82) is 0 Å². The lowest BCUT2D eigenvalue weighted by Crippen LogP contribution is -2.23. The van der Waals surface area contributed by atoms with Gasteiger partial charge in [-0.2, -0.15) is 0 Å². The van der Waals surface area contributed by atoms with Crippen molar-refractivity contribution >= 4 is 39.5 Å². The summed E-state index contributed by atoms with van der Waals surface area (Å²) in [4.78, 5) is 4.76. The van der Waals surface area contributed by atoms with E-state index in [1.807, 2.05) is 30.5 Å². The molecule has 1 atom stereocenters. The first-order chi connectivity index (χ1) is 18.1. The quantitative estimate of drug-likeness (QED) is 0.168. The number of thioether (sulfide) groups is 1. The van der Waals surface area contributed by atoms with E-state index in [1.165, 1.54) is 17.5 Å². The Morgan fingerprint density at radius 1 is 1.08 bits per heavy atom. The van der Waals surface area contributed by atoms with Gasteiger partial charge in [-0.15, -0.1) is 0 Å². The van der Waals surface area contributed by atoms with Crippen molar-refractivity contribution in [2.75, 3.05) is 7.11 Å². The second-order valence-corrected chi connectivity index (χ2v) is 11.8. The Kier molecular flexibility index (Phi) is 8.62. The summed E-state index contributed by atoms with van der Waals surface area (Å²) < 4.78 is 60.6. The van der Waals surface area contributed by atoms with Crippen LogP contribution in [0.3, 0.4) is 0 Å². The van der Waals surface area contributed by atoms with E-state index in [2.05, 4.69) is 4.98 Å². The van der Waals surface area contributed by atoms with Crippen LogP contribution in [-0.2, 0) is 11.2 Å². The van der Waals surface area contributed by atoms with Gasteiger partial charge >= 0.3 is 0 Å². The maximum Gasteiger partial charge on any atom is 0.173 e. The highest BCUT2D eigenvalue weighted by Gasteiger charge is 2.30. The molecule has 0 bridgehead atoms. The molecule has 0 aliphatic carbocycles. The summed E-state index contributed by atoms with van der Waals surface area (Å²) in [5.41, 5.74) is 1.59. The molecule has 0 fully saturated rings. The topological polar surface area (TPSA) is 47.3 Å². The van der Waals surface area contributed by atoms with Crippen LogP contribution in [0.15, 0.2) is 70.8 Å². The van der Waals surface area contributed by atoms with Gasteiger partial charge in [0.1, 0.15) is 23.2 Å². The first kappa shape index (κ1) is 28.3. The Bertz CT molecular complexity index is 1480. The van der Waals surface area contributed by atoms with Crippen LogP contribution in [0.4, 0.5) is 13.2 Å². The average molecular weight is 579 g/mol. The second kappa shape index (κ2) is 11.6. The molecule has 4 aromatic rings. The predicted molar refractivity (Wildman–Crippen MR) is 150 cm³/mol. The minimum absolute atomic E-state index is 0.0418. The number of imidazole rings is 1. The molecule has 0 spiro atoms. The minimum Gasteiger partial charge on any atom is -0.495 e. The lowest BCUT2D eigenvalue weighted by molar-refractivity contribution is 0.413. The highest BCUT2D eigenvalue weighted by Crippen LogP contribution is 2.39. The Balaban J connectivity index is 1.77. The average Bonchev–Trinajstić information content (AvgIpc) is 3.33. The third-order valence-corrected chi connectivity index (χ3v) is 8.71. The fourth-order valence-corrected chi connectivity index (χ4v) is 5.95. The zero-order valence-corrected chi connectivity index (χ0v) is 23.5. The molecule has 38 heavy (non-hydrogen) atoms. The van der Waals surface area contributed by atoms with E-state index in [-0.39, 0.29) is 22.0 Å². The number of hydrogen-bond donors (Lipinski definition) is 1. The largest absolute Gasteiger partial charge is 0.495 e. The molecule has 0 saturated heterocycles. The van der Waals surface area contributed by atoms with E-state index in [1.54, 1.807) is 38.4 Å². The number of ether oxygens (including phenoxy) is 1. The van der Waals surface area contributed by atoms with Gasteiger partial charge in [0.2, 0.25) is 0 Å². The molecule has 4 rings (SSSR count). The first-order valence-corrected chi connectivity index (χ1v) is 14.2. The van der Waals surface area contributed by atoms with Crippen molar-refractivity contribution < 1.29 is 22.5 Å². The first-order valence-electron chi connectivity index (χ1n) is 11.6. The maximum atomic E-state index is 14.8. The number of halogens is 4. The molecule has 3 aromatic carbocycles. The monoisotopic (exact) mass is 578 g/mol. The molecule has 0 aliphatic heterocycles. The van der Waals surface area contributed by atoms with Crippen LogP contribution in [0.2, 0.25) is 5.02 Å². The number of methoxy groups -OCH3 is 1. The fraction of sp³-hybridized carbons (Fsp3) is 0.214. The van der Waals surface area contributed by atoms with Crippen LogP contribution in [0.5, 0.6) is 5.75 Å². The van der Waals surface area contributed by atoms with Crippen molar-refractivity contribution in [3.05, 3.63) is 100 Å². The predicted octanol–water partition coefficient (Wildman–Crippen LogP) is 8.49. The number of nitrogens with zero attached hydrogens (tertiary/aromatic N) is 2. The lowest BCUT2D eigenvalue weighted by Gasteiger charge is -2.28. The summed E-state index contributed by atoms with van der Waals surface area (Å²) in [6.07, 6.45) is 1.71. The summed E-state index contributed by atoms with van der Waals surface area (Å²) in [5, 5.41) is 2.43. The highest BCUT2D eigenvalue weighted by molar-refractivity contribution is 8.10.